The van der Waals surface area contributed by atoms with E-state index in [0.717, 1.165) is 106 Å². The highest BCUT2D eigenvalue weighted by Crippen LogP contribution is 2.57. The third-order valence-corrected chi connectivity index (χ3v) is 15.4. The van der Waals surface area contributed by atoms with Crippen molar-refractivity contribution >= 4 is 73.1 Å². The van der Waals surface area contributed by atoms with E-state index in [1.165, 1.54) is 11.1 Å². The van der Waals surface area contributed by atoms with Crippen molar-refractivity contribution in [3.05, 3.63) is 285 Å². The Bertz CT molecular complexity index is 4390. The molecular weight excluding hydrogens is 979 g/mol. The summed E-state index contributed by atoms with van der Waals surface area (Å²) in [4.78, 5) is 35.9. The first-order chi connectivity index (χ1) is 39.5. The van der Waals surface area contributed by atoms with Gasteiger partial charge in [0, 0.05) is 86.9 Å². The van der Waals surface area contributed by atoms with Gasteiger partial charge in [-0.25, -0.2) is 15.0 Å². The van der Waals surface area contributed by atoms with Gasteiger partial charge in [-0.05, 0) is 116 Å². The molecule has 1 aliphatic rings. The summed E-state index contributed by atoms with van der Waals surface area (Å²) in [6, 6.07) is 78.1. The smallest absolute Gasteiger partial charge is 0.156 e. The largest absolute Gasteiger partial charge is 0.294 e. The van der Waals surface area contributed by atoms with E-state index in [9.17, 15) is 0 Å². The average molecular weight is 1030 g/mol. The van der Waals surface area contributed by atoms with Gasteiger partial charge in [0.05, 0.1) is 30.0 Å². The molecule has 0 amide bonds. The third kappa shape index (κ3) is 8.45. The Morgan fingerprint density at radius 3 is 1.10 bits per heavy atom. The topological polar surface area (TPSA) is 87.1 Å². The molecule has 9 heteroatoms. The quantitative estimate of drug-likeness (QED) is 0.0877. The Balaban J connectivity index is 1.05. The molecule has 1 aliphatic carbocycles. The first-order valence-corrected chi connectivity index (χ1v) is 26.8. The van der Waals surface area contributed by atoms with E-state index in [1.807, 2.05) is 24.7 Å². The van der Waals surface area contributed by atoms with E-state index < -0.39 is 5.41 Å². The summed E-state index contributed by atoms with van der Waals surface area (Å²) in [6.45, 7) is 4.70. The van der Waals surface area contributed by atoms with Gasteiger partial charge in [0.2, 0.25) is 0 Å². The molecule has 0 saturated carbocycles. The second-order valence-electron chi connectivity index (χ2n) is 20.5. The van der Waals surface area contributed by atoms with Gasteiger partial charge in [0.25, 0.3) is 0 Å². The monoisotopic (exact) mass is 1030 g/mol. The fraction of sp³-hybridized carbons (Fsp3) is 0.0423. The molecule has 0 fully saturated rings. The third-order valence-electron chi connectivity index (χ3n) is 15.4. The van der Waals surface area contributed by atoms with Crippen LogP contribution < -0.4 is 14.7 Å². The van der Waals surface area contributed by atoms with Crippen LogP contribution in [0.5, 0.6) is 0 Å². The molecule has 10 aromatic carbocycles. The number of fused-ring (bicyclic) bond motifs is 5. The summed E-state index contributed by atoms with van der Waals surface area (Å²) in [6.07, 6.45) is 16.0. The Morgan fingerprint density at radius 2 is 0.662 bits per heavy atom. The minimum atomic E-state index is -0.475. The lowest BCUT2D eigenvalue weighted by molar-refractivity contribution is 0.661. The molecule has 3 heterocycles. The van der Waals surface area contributed by atoms with Gasteiger partial charge in [-0.2, -0.15) is 0 Å². The van der Waals surface area contributed by atoms with E-state index >= 15 is 0 Å². The van der Waals surface area contributed by atoms with Gasteiger partial charge in [-0.1, -0.05) is 172 Å². The summed E-state index contributed by atoms with van der Waals surface area (Å²) >= 11 is 0. The van der Waals surface area contributed by atoms with Gasteiger partial charge in [-0.3, -0.25) is 29.7 Å². The Kier molecular flexibility index (Phi) is 12.0. The number of hydrogen-bond acceptors (Lipinski definition) is 9. The molecule has 0 aliphatic heterocycles. The van der Waals surface area contributed by atoms with Crippen LogP contribution in [-0.4, -0.2) is 29.9 Å². The van der Waals surface area contributed by atoms with E-state index in [0.29, 0.717) is 11.6 Å². The number of nitrogens with zero attached hydrogens (tertiary/aromatic N) is 9. The molecule has 13 aromatic rings. The van der Waals surface area contributed by atoms with Gasteiger partial charge in [-0.15, -0.1) is 0 Å². The standard InChI is InChI=1S/C71H51N9/c1-71(2)64-42-57(78(66-45-72-33-36-75-66)54-26-14-23-51(39-54)48-17-6-3-7-18-48)31-32-58(64)61-43-62-63(44-65(61)71)70(80(68-47-74-35-38-77-68)56-28-16-25-53(41-56)50-21-10-5-11-22-50)60-30-13-12-29-59(60)69(62)79(67-46-73-34-37-76-67)55-27-15-24-52(40-55)49-19-8-4-9-20-49/h3-47H,1-2H3. The van der Waals surface area contributed by atoms with Crippen molar-refractivity contribution in [2.24, 2.45) is 0 Å². The van der Waals surface area contributed by atoms with Crippen molar-refractivity contribution < 1.29 is 0 Å². The fourth-order valence-electron chi connectivity index (χ4n) is 11.7. The number of hydrogen-bond donors (Lipinski definition) is 0. The normalized spacial score (nSPS) is 12.2. The van der Waals surface area contributed by atoms with Crippen molar-refractivity contribution in [2.75, 3.05) is 14.7 Å². The SMILES string of the molecule is CC1(C)c2cc(N(c3cccc(-c4ccccc4)c3)c3cnccn3)ccc2-c2cc3c(N(c4cccc(-c5ccccc5)c4)c4cnccn4)c4ccccc4c(N(c4cccc(-c5ccccc5)c4)c4cnccn4)c3cc21. The van der Waals surface area contributed by atoms with Crippen molar-refractivity contribution in [1.29, 1.82) is 0 Å². The number of aromatic nitrogens is 6. The molecule has 0 radical (unpaired) electrons. The first-order valence-electron chi connectivity index (χ1n) is 26.8. The van der Waals surface area contributed by atoms with Gasteiger partial charge >= 0.3 is 0 Å². The molecule has 380 valence electrons. The minimum absolute atomic E-state index is 0.475. The van der Waals surface area contributed by atoms with Crippen LogP contribution >= 0.6 is 0 Å². The minimum Gasteiger partial charge on any atom is -0.294 e. The molecule has 9 nitrogen and oxygen atoms in total. The Morgan fingerprint density at radius 1 is 0.287 bits per heavy atom. The predicted octanol–water partition coefficient (Wildman–Crippen LogP) is 18.1. The van der Waals surface area contributed by atoms with Crippen LogP contribution in [0.2, 0.25) is 0 Å². The highest BCUT2D eigenvalue weighted by atomic mass is 15.2. The van der Waals surface area contributed by atoms with Crippen LogP contribution in [0.3, 0.4) is 0 Å². The first kappa shape index (κ1) is 47.8. The molecule has 0 N–H and O–H groups in total. The second kappa shape index (κ2) is 20.1. The molecule has 0 unspecified atom stereocenters. The lowest BCUT2D eigenvalue weighted by Crippen LogP contribution is -2.18. The maximum Gasteiger partial charge on any atom is 0.156 e. The van der Waals surface area contributed by atoms with Crippen molar-refractivity contribution in [1.82, 2.24) is 29.9 Å². The van der Waals surface area contributed by atoms with E-state index in [2.05, 4.69) is 246 Å². The van der Waals surface area contributed by atoms with E-state index in [4.69, 9.17) is 24.9 Å². The van der Waals surface area contributed by atoms with Crippen molar-refractivity contribution in [3.63, 3.8) is 0 Å². The molecule has 0 spiro atoms. The van der Waals surface area contributed by atoms with Crippen molar-refractivity contribution in [3.8, 4) is 44.5 Å². The van der Waals surface area contributed by atoms with Crippen LogP contribution in [0.4, 0.5) is 51.6 Å². The predicted molar refractivity (Wildman–Crippen MR) is 326 cm³/mol. The lowest BCUT2D eigenvalue weighted by atomic mass is 9.81. The fourth-order valence-corrected chi connectivity index (χ4v) is 11.7. The summed E-state index contributed by atoms with van der Waals surface area (Å²) in [5, 5.41) is 4.09. The zero-order valence-electron chi connectivity index (χ0n) is 44.0. The molecule has 80 heavy (non-hydrogen) atoms. The zero-order chi connectivity index (χ0) is 53.6. The summed E-state index contributed by atoms with van der Waals surface area (Å²) in [5.41, 5.74) is 16.7. The molecule has 3 aromatic heterocycles. The lowest BCUT2D eigenvalue weighted by Gasteiger charge is -2.32. The summed E-state index contributed by atoms with van der Waals surface area (Å²) in [7, 11) is 0. The van der Waals surface area contributed by atoms with Gasteiger partial charge in [0.15, 0.2) is 17.5 Å². The van der Waals surface area contributed by atoms with Crippen LogP contribution in [0, 0.1) is 0 Å². The maximum atomic E-state index is 5.09. The Hall–Kier alpha value is -10.6. The molecular formula is C71H51N9. The average Bonchev–Trinajstić information content (AvgIpc) is 3.94. The number of benzene rings is 10. The molecule has 0 saturated heterocycles. The van der Waals surface area contributed by atoms with Crippen LogP contribution in [0.25, 0.3) is 66.1 Å². The number of rotatable bonds is 12. The maximum absolute atomic E-state index is 5.09. The summed E-state index contributed by atoms with van der Waals surface area (Å²) < 4.78 is 0. The molecule has 0 atom stereocenters. The molecule has 0 bridgehead atoms. The summed E-state index contributed by atoms with van der Waals surface area (Å²) in [5.74, 6) is 2.09. The van der Waals surface area contributed by atoms with Gasteiger partial charge in [0.1, 0.15) is 0 Å². The Labute approximate surface area is 464 Å². The van der Waals surface area contributed by atoms with Crippen LogP contribution in [-0.2, 0) is 5.41 Å². The van der Waals surface area contributed by atoms with Crippen LogP contribution in [0.1, 0.15) is 25.0 Å². The highest BCUT2D eigenvalue weighted by Gasteiger charge is 2.38. The second-order valence-corrected chi connectivity index (χ2v) is 20.5. The van der Waals surface area contributed by atoms with Crippen molar-refractivity contribution in [2.45, 2.75) is 19.3 Å². The highest BCUT2D eigenvalue weighted by molar-refractivity contribution is 6.24. The number of anilines is 9. The van der Waals surface area contributed by atoms with Crippen LogP contribution in [0.15, 0.2) is 274 Å². The van der Waals surface area contributed by atoms with Gasteiger partial charge < -0.3 is 0 Å². The zero-order valence-corrected chi connectivity index (χ0v) is 44.0. The molecule has 14 rings (SSSR count). The van der Waals surface area contributed by atoms with E-state index in [-0.39, 0.29) is 0 Å². The van der Waals surface area contributed by atoms with E-state index in [1.54, 1.807) is 37.2 Å².